The normalized spacial score (nSPS) is 17.7. The summed E-state index contributed by atoms with van der Waals surface area (Å²) >= 11 is 0. The van der Waals surface area contributed by atoms with Crippen LogP contribution in [0.3, 0.4) is 0 Å². The molecule has 1 N–H and O–H groups in total. The molecule has 1 aliphatic heterocycles. The first kappa shape index (κ1) is 22.2. The Hall–Kier alpha value is -2.52. The molecule has 1 fully saturated rings. The van der Waals surface area contributed by atoms with Crippen LogP contribution in [0.1, 0.15) is 42.1 Å². The Kier molecular flexibility index (Phi) is 7.04. The molecule has 162 valence electrons. The maximum atomic E-state index is 13.0. The van der Waals surface area contributed by atoms with Crippen LogP contribution in [0.2, 0.25) is 0 Å². The molecule has 6 nitrogen and oxygen atoms in total. The molecule has 1 amide bonds. The number of amides is 1. The lowest BCUT2D eigenvalue weighted by molar-refractivity contribution is -0.0498. The Bertz CT molecular complexity index is 981. The molecule has 3 rings (SSSR count). The minimum absolute atomic E-state index is 0.0323. The second kappa shape index (κ2) is 9.53. The van der Waals surface area contributed by atoms with Crippen LogP contribution in [-0.2, 0) is 16.6 Å². The Morgan fingerprint density at radius 2 is 1.93 bits per heavy atom. The highest BCUT2D eigenvalue weighted by molar-refractivity contribution is 7.89. The van der Waals surface area contributed by atoms with Gasteiger partial charge in [0.2, 0.25) is 10.0 Å². The molecule has 0 bridgehead atoms. The third-order valence-electron chi connectivity index (χ3n) is 5.05. The minimum atomic E-state index is -3.67. The lowest BCUT2D eigenvalue weighted by Crippen LogP contribution is -2.42. The molecule has 2 aromatic rings. The van der Waals surface area contributed by atoms with E-state index in [-0.39, 0.29) is 28.8 Å². The van der Waals surface area contributed by atoms with Crippen molar-refractivity contribution in [1.29, 1.82) is 0 Å². The predicted molar refractivity (Wildman–Crippen MR) is 108 cm³/mol. The molecule has 30 heavy (non-hydrogen) atoms. The number of piperidine rings is 1. The molecule has 1 atom stereocenters. The number of hydrogen-bond acceptors (Lipinski definition) is 4. The summed E-state index contributed by atoms with van der Waals surface area (Å²) in [5.41, 5.74) is 0.925. The van der Waals surface area contributed by atoms with Gasteiger partial charge in [-0.2, -0.15) is 13.1 Å². The molecule has 9 heteroatoms. The van der Waals surface area contributed by atoms with Crippen molar-refractivity contribution in [1.82, 2.24) is 9.62 Å². The summed E-state index contributed by atoms with van der Waals surface area (Å²) in [5.74, 6) is -0.392. The smallest absolute Gasteiger partial charge is 0.387 e. The summed E-state index contributed by atoms with van der Waals surface area (Å²) in [6, 6.07) is 11.8. The van der Waals surface area contributed by atoms with E-state index in [1.165, 1.54) is 28.6 Å². The fourth-order valence-corrected chi connectivity index (χ4v) is 5.18. The molecule has 0 aromatic heterocycles. The van der Waals surface area contributed by atoms with Crippen LogP contribution < -0.4 is 10.1 Å². The van der Waals surface area contributed by atoms with E-state index in [1.807, 2.05) is 6.92 Å². The summed E-state index contributed by atoms with van der Waals surface area (Å²) in [7, 11) is -3.67. The molecule has 0 radical (unpaired) electrons. The molecule has 1 heterocycles. The average Bonchev–Trinajstić information content (AvgIpc) is 2.73. The Balaban J connectivity index is 1.67. The number of ether oxygens (including phenoxy) is 1. The van der Waals surface area contributed by atoms with Crippen LogP contribution in [0.15, 0.2) is 53.4 Å². The van der Waals surface area contributed by atoms with Crippen LogP contribution in [0.25, 0.3) is 0 Å². The molecule has 2 aromatic carbocycles. The molecular formula is C21H24F2N2O4S. The first-order valence-electron chi connectivity index (χ1n) is 9.71. The predicted octanol–water partition coefficient (Wildman–Crippen LogP) is 3.78. The van der Waals surface area contributed by atoms with Crippen LogP contribution in [-0.4, -0.2) is 37.8 Å². The highest BCUT2D eigenvalue weighted by Crippen LogP contribution is 2.25. The summed E-state index contributed by atoms with van der Waals surface area (Å²) in [4.78, 5) is 12.6. The highest BCUT2D eigenvalue weighted by Gasteiger charge is 2.31. The second-order valence-corrected chi connectivity index (χ2v) is 9.08. The van der Waals surface area contributed by atoms with Crippen molar-refractivity contribution >= 4 is 15.9 Å². The monoisotopic (exact) mass is 438 g/mol. The fraction of sp³-hybridized carbons (Fsp3) is 0.381. The number of nitrogens with one attached hydrogen (secondary N) is 1. The molecule has 0 spiro atoms. The van der Waals surface area contributed by atoms with E-state index in [4.69, 9.17) is 0 Å². The number of halogens is 2. The van der Waals surface area contributed by atoms with Gasteiger partial charge >= 0.3 is 6.61 Å². The van der Waals surface area contributed by atoms with E-state index in [0.717, 1.165) is 19.3 Å². The molecule has 1 aliphatic rings. The number of sulfonamides is 1. The van der Waals surface area contributed by atoms with Gasteiger partial charge in [0.25, 0.3) is 5.91 Å². The number of hydrogen-bond donors (Lipinski definition) is 1. The number of benzene rings is 2. The standard InChI is InChI=1S/C21H24F2N2O4S/c1-15-5-2-3-12-25(15)30(27,28)19-7-4-6-17(13-19)20(26)24-14-16-8-10-18(11-9-16)29-21(22)23/h4,6-11,13,15,21H,2-3,5,12,14H2,1H3,(H,24,26). The van der Waals surface area contributed by atoms with Gasteiger partial charge in [0.05, 0.1) is 4.90 Å². The minimum Gasteiger partial charge on any atom is -0.435 e. The number of carbonyl (C=O) groups excluding carboxylic acids is 1. The quantitative estimate of drug-likeness (QED) is 0.714. The van der Waals surface area contributed by atoms with Gasteiger partial charge in [-0.1, -0.05) is 24.6 Å². The zero-order valence-electron chi connectivity index (χ0n) is 16.6. The molecule has 1 unspecified atom stereocenters. The van der Waals surface area contributed by atoms with E-state index < -0.39 is 22.5 Å². The number of carbonyl (C=O) groups is 1. The van der Waals surface area contributed by atoms with Crippen LogP contribution in [0, 0.1) is 0 Å². The van der Waals surface area contributed by atoms with E-state index in [2.05, 4.69) is 10.1 Å². The van der Waals surface area contributed by atoms with E-state index >= 15 is 0 Å². The van der Waals surface area contributed by atoms with E-state index in [1.54, 1.807) is 24.3 Å². The third kappa shape index (κ3) is 5.34. The Morgan fingerprint density at radius 1 is 1.20 bits per heavy atom. The van der Waals surface area contributed by atoms with Gasteiger partial charge in [0, 0.05) is 24.7 Å². The molecule has 0 aliphatic carbocycles. The topological polar surface area (TPSA) is 75.7 Å². The summed E-state index contributed by atoms with van der Waals surface area (Å²) in [6.45, 7) is -0.365. The van der Waals surface area contributed by atoms with Gasteiger partial charge in [-0.05, 0) is 55.7 Å². The zero-order chi connectivity index (χ0) is 21.7. The first-order valence-corrected chi connectivity index (χ1v) is 11.2. The lowest BCUT2D eigenvalue weighted by atomic mass is 10.1. The lowest BCUT2D eigenvalue weighted by Gasteiger charge is -2.32. The van der Waals surface area contributed by atoms with Gasteiger partial charge in [0.15, 0.2) is 0 Å². The second-order valence-electron chi connectivity index (χ2n) is 7.19. The van der Waals surface area contributed by atoms with Crippen LogP contribution >= 0.6 is 0 Å². The van der Waals surface area contributed by atoms with Crippen molar-refractivity contribution < 1.29 is 26.7 Å². The van der Waals surface area contributed by atoms with E-state index in [9.17, 15) is 22.0 Å². The van der Waals surface area contributed by atoms with Gasteiger partial charge in [0.1, 0.15) is 5.75 Å². The first-order chi connectivity index (χ1) is 14.3. The summed E-state index contributed by atoms with van der Waals surface area (Å²) in [6.07, 6.45) is 2.65. The molecule has 0 saturated carbocycles. The van der Waals surface area contributed by atoms with Crippen LogP contribution in [0.4, 0.5) is 8.78 Å². The average molecular weight is 438 g/mol. The van der Waals surface area contributed by atoms with Crippen molar-refractivity contribution in [2.75, 3.05) is 6.54 Å². The van der Waals surface area contributed by atoms with Gasteiger partial charge in [-0.15, -0.1) is 0 Å². The summed E-state index contributed by atoms with van der Waals surface area (Å²) in [5, 5.41) is 2.71. The number of nitrogens with zero attached hydrogens (tertiary/aromatic N) is 1. The number of rotatable bonds is 7. The molecule has 1 saturated heterocycles. The van der Waals surface area contributed by atoms with Crippen molar-refractivity contribution in [3.63, 3.8) is 0 Å². The van der Waals surface area contributed by atoms with Crippen molar-refractivity contribution in [2.24, 2.45) is 0 Å². The maximum Gasteiger partial charge on any atom is 0.387 e. The van der Waals surface area contributed by atoms with Crippen LogP contribution in [0.5, 0.6) is 5.75 Å². The van der Waals surface area contributed by atoms with Crippen molar-refractivity contribution in [3.05, 3.63) is 59.7 Å². The fourth-order valence-electron chi connectivity index (χ4n) is 3.44. The highest BCUT2D eigenvalue weighted by atomic mass is 32.2. The van der Waals surface area contributed by atoms with Crippen molar-refractivity contribution in [3.8, 4) is 5.75 Å². The zero-order valence-corrected chi connectivity index (χ0v) is 17.4. The Morgan fingerprint density at radius 3 is 2.60 bits per heavy atom. The van der Waals surface area contributed by atoms with Gasteiger partial charge in [-0.25, -0.2) is 8.42 Å². The third-order valence-corrected chi connectivity index (χ3v) is 7.06. The van der Waals surface area contributed by atoms with Gasteiger partial charge in [-0.3, -0.25) is 4.79 Å². The summed E-state index contributed by atoms with van der Waals surface area (Å²) < 4.78 is 56.1. The van der Waals surface area contributed by atoms with Gasteiger partial charge < -0.3 is 10.1 Å². The van der Waals surface area contributed by atoms with E-state index in [0.29, 0.717) is 12.1 Å². The SMILES string of the molecule is CC1CCCCN1S(=O)(=O)c1cccc(C(=O)NCc2ccc(OC(F)F)cc2)c1. The van der Waals surface area contributed by atoms with Crippen molar-refractivity contribution in [2.45, 2.75) is 50.3 Å². The largest absolute Gasteiger partial charge is 0.435 e. The number of alkyl halides is 2. The Labute approximate surface area is 174 Å². The molecular weight excluding hydrogens is 414 g/mol. The maximum absolute atomic E-state index is 13.0.